The molecule has 0 aromatic rings. The van der Waals surface area contributed by atoms with Crippen molar-refractivity contribution < 1.29 is 28.6 Å². The fourth-order valence-electron chi connectivity index (χ4n) is 8.57. The van der Waals surface area contributed by atoms with Crippen LogP contribution in [0.15, 0.2) is 0 Å². The van der Waals surface area contributed by atoms with Crippen LogP contribution in [0.3, 0.4) is 0 Å². The molecular formula is C56H108O6. The third-order valence-corrected chi connectivity index (χ3v) is 12.8. The second-order valence-electron chi connectivity index (χ2n) is 19.7. The molecule has 6 heteroatoms. The zero-order chi connectivity index (χ0) is 45.2. The van der Waals surface area contributed by atoms with E-state index in [4.69, 9.17) is 14.2 Å². The van der Waals surface area contributed by atoms with Gasteiger partial charge in [0.15, 0.2) is 6.10 Å². The SMILES string of the molecule is CCCCCCCCCCCCCCCCCCCCC(=O)OC[C@@H](COC(=O)CCCCCCCCCC(C)C)OC(=O)CCCCCCCCCCCCCCCCCC. The van der Waals surface area contributed by atoms with Crippen molar-refractivity contribution in [2.24, 2.45) is 5.92 Å². The van der Waals surface area contributed by atoms with E-state index in [0.717, 1.165) is 63.7 Å². The molecule has 0 aliphatic carbocycles. The Morgan fingerprint density at radius 2 is 0.532 bits per heavy atom. The van der Waals surface area contributed by atoms with Crippen molar-refractivity contribution in [2.45, 2.75) is 323 Å². The average Bonchev–Trinajstić information content (AvgIpc) is 3.26. The van der Waals surface area contributed by atoms with Gasteiger partial charge in [0.2, 0.25) is 0 Å². The van der Waals surface area contributed by atoms with Crippen LogP contribution < -0.4 is 0 Å². The van der Waals surface area contributed by atoms with Gasteiger partial charge in [0, 0.05) is 19.3 Å². The summed E-state index contributed by atoms with van der Waals surface area (Å²) in [5.41, 5.74) is 0. The van der Waals surface area contributed by atoms with E-state index in [1.807, 2.05) is 0 Å². The molecular weight excluding hydrogens is 769 g/mol. The smallest absolute Gasteiger partial charge is 0.306 e. The van der Waals surface area contributed by atoms with Gasteiger partial charge in [-0.1, -0.05) is 278 Å². The van der Waals surface area contributed by atoms with Crippen molar-refractivity contribution in [2.75, 3.05) is 13.2 Å². The average molecular weight is 877 g/mol. The molecule has 0 spiro atoms. The molecule has 368 valence electrons. The van der Waals surface area contributed by atoms with E-state index < -0.39 is 6.10 Å². The Morgan fingerprint density at radius 1 is 0.306 bits per heavy atom. The van der Waals surface area contributed by atoms with E-state index in [2.05, 4.69) is 27.7 Å². The van der Waals surface area contributed by atoms with Crippen LogP contribution in [0.4, 0.5) is 0 Å². The number of ether oxygens (including phenoxy) is 3. The maximum Gasteiger partial charge on any atom is 0.306 e. The van der Waals surface area contributed by atoms with Crippen molar-refractivity contribution in [3.63, 3.8) is 0 Å². The van der Waals surface area contributed by atoms with Gasteiger partial charge in [-0.2, -0.15) is 0 Å². The van der Waals surface area contributed by atoms with E-state index in [1.165, 1.54) is 212 Å². The second kappa shape index (κ2) is 50.4. The molecule has 0 saturated heterocycles. The van der Waals surface area contributed by atoms with Crippen LogP contribution in [0.2, 0.25) is 0 Å². The number of hydrogen-bond acceptors (Lipinski definition) is 6. The van der Waals surface area contributed by atoms with Crippen LogP contribution in [0, 0.1) is 5.92 Å². The Bertz CT molecular complexity index is 933. The van der Waals surface area contributed by atoms with E-state index in [0.29, 0.717) is 19.3 Å². The Labute approximate surface area is 387 Å². The highest BCUT2D eigenvalue weighted by Crippen LogP contribution is 2.18. The molecule has 0 fully saturated rings. The second-order valence-corrected chi connectivity index (χ2v) is 19.7. The fraction of sp³-hybridized carbons (Fsp3) is 0.946. The minimum Gasteiger partial charge on any atom is -0.462 e. The molecule has 0 heterocycles. The van der Waals surface area contributed by atoms with E-state index >= 15 is 0 Å². The summed E-state index contributed by atoms with van der Waals surface area (Å²) < 4.78 is 16.8. The number of esters is 3. The zero-order valence-corrected chi connectivity index (χ0v) is 42.3. The number of hydrogen-bond donors (Lipinski definition) is 0. The summed E-state index contributed by atoms with van der Waals surface area (Å²) in [6.07, 6.45) is 53.9. The molecule has 62 heavy (non-hydrogen) atoms. The Morgan fingerprint density at radius 3 is 0.790 bits per heavy atom. The highest BCUT2D eigenvalue weighted by molar-refractivity contribution is 5.71. The number of rotatable bonds is 51. The van der Waals surface area contributed by atoms with Crippen LogP contribution in [0.5, 0.6) is 0 Å². The molecule has 0 N–H and O–H groups in total. The van der Waals surface area contributed by atoms with Gasteiger partial charge in [-0.3, -0.25) is 14.4 Å². The summed E-state index contributed by atoms with van der Waals surface area (Å²) in [5, 5.41) is 0. The highest BCUT2D eigenvalue weighted by Gasteiger charge is 2.19. The van der Waals surface area contributed by atoms with Gasteiger partial charge in [0.25, 0.3) is 0 Å². The van der Waals surface area contributed by atoms with Gasteiger partial charge in [-0.25, -0.2) is 0 Å². The molecule has 0 rings (SSSR count). The molecule has 0 aliphatic rings. The molecule has 0 bridgehead atoms. The van der Waals surface area contributed by atoms with Gasteiger partial charge < -0.3 is 14.2 Å². The third-order valence-electron chi connectivity index (χ3n) is 12.8. The van der Waals surface area contributed by atoms with Gasteiger partial charge in [-0.15, -0.1) is 0 Å². The molecule has 0 aromatic carbocycles. The normalized spacial score (nSPS) is 12.0. The molecule has 0 aromatic heterocycles. The number of carbonyl (C=O) groups is 3. The van der Waals surface area contributed by atoms with Crippen LogP contribution in [0.1, 0.15) is 317 Å². The third kappa shape index (κ3) is 49.4. The zero-order valence-electron chi connectivity index (χ0n) is 42.3. The predicted molar refractivity (Wildman–Crippen MR) is 266 cm³/mol. The lowest BCUT2D eigenvalue weighted by Gasteiger charge is -2.18. The van der Waals surface area contributed by atoms with Gasteiger partial charge in [0.05, 0.1) is 0 Å². The van der Waals surface area contributed by atoms with Crippen molar-refractivity contribution in [1.29, 1.82) is 0 Å². The topological polar surface area (TPSA) is 78.9 Å². The lowest BCUT2D eigenvalue weighted by atomic mass is 10.0. The quantitative estimate of drug-likeness (QED) is 0.0344. The van der Waals surface area contributed by atoms with Crippen LogP contribution in [0.25, 0.3) is 0 Å². The van der Waals surface area contributed by atoms with Gasteiger partial charge in [0.1, 0.15) is 13.2 Å². The monoisotopic (exact) mass is 877 g/mol. The first-order valence-electron chi connectivity index (χ1n) is 27.9. The van der Waals surface area contributed by atoms with E-state index in [9.17, 15) is 14.4 Å². The molecule has 1 atom stereocenters. The number of carbonyl (C=O) groups excluding carboxylic acids is 3. The molecule has 6 nitrogen and oxygen atoms in total. The molecule has 0 aliphatic heterocycles. The van der Waals surface area contributed by atoms with Crippen LogP contribution >= 0.6 is 0 Å². The molecule has 0 radical (unpaired) electrons. The minimum atomic E-state index is -0.761. The molecule has 0 saturated carbocycles. The van der Waals surface area contributed by atoms with Crippen molar-refractivity contribution in [1.82, 2.24) is 0 Å². The van der Waals surface area contributed by atoms with Gasteiger partial charge >= 0.3 is 17.9 Å². The highest BCUT2D eigenvalue weighted by atomic mass is 16.6. The van der Waals surface area contributed by atoms with Crippen LogP contribution in [-0.2, 0) is 28.6 Å². The standard InChI is InChI=1S/C56H108O6/c1-5-7-9-11-13-15-17-19-21-23-24-26-27-29-31-35-39-43-47-54(57)60-50-53(51-61-55(58)48-44-40-37-33-34-38-42-46-52(3)4)62-56(59)49-45-41-36-32-30-28-25-22-20-18-16-14-12-10-8-6-2/h52-53H,5-51H2,1-4H3/t53-/m0/s1. The Hall–Kier alpha value is -1.59. The van der Waals surface area contributed by atoms with Crippen LogP contribution in [-0.4, -0.2) is 37.2 Å². The lowest BCUT2D eigenvalue weighted by Crippen LogP contribution is -2.30. The first kappa shape index (κ1) is 60.4. The predicted octanol–water partition coefficient (Wildman–Crippen LogP) is 18.2. The molecule has 0 amide bonds. The van der Waals surface area contributed by atoms with Crippen molar-refractivity contribution in [3.05, 3.63) is 0 Å². The summed E-state index contributed by atoms with van der Waals surface area (Å²) in [4.78, 5) is 38.0. The van der Waals surface area contributed by atoms with Gasteiger partial charge in [-0.05, 0) is 25.2 Å². The summed E-state index contributed by atoms with van der Waals surface area (Å²) in [7, 11) is 0. The first-order chi connectivity index (χ1) is 30.4. The maximum absolute atomic E-state index is 12.8. The van der Waals surface area contributed by atoms with Crippen molar-refractivity contribution >= 4 is 17.9 Å². The maximum atomic E-state index is 12.8. The molecule has 0 unspecified atom stereocenters. The number of unbranched alkanes of at least 4 members (excludes halogenated alkanes) is 38. The van der Waals surface area contributed by atoms with Crippen molar-refractivity contribution in [3.8, 4) is 0 Å². The minimum absolute atomic E-state index is 0.0628. The summed E-state index contributed by atoms with van der Waals surface area (Å²) in [6, 6.07) is 0. The summed E-state index contributed by atoms with van der Waals surface area (Å²) >= 11 is 0. The summed E-state index contributed by atoms with van der Waals surface area (Å²) in [6.45, 7) is 9.00. The van der Waals surface area contributed by atoms with E-state index in [1.54, 1.807) is 0 Å². The van der Waals surface area contributed by atoms with E-state index in [-0.39, 0.29) is 31.1 Å². The summed E-state index contributed by atoms with van der Waals surface area (Å²) in [5.74, 6) is -0.0608. The first-order valence-corrected chi connectivity index (χ1v) is 27.9. The lowest BCUT2D eigenvalue weighted by molar-refractivity contribution is -0.167. The Kier molecular flexibility index (Phi) is 49.1. The Balaban J connectivity index is 4.24. The largest absolute Gasteiger partial charge is 0.462 e. The fourth-order valence-corrected chi connectivity index (χ4v) is 8.57.